The van der Waals surface area contributed by atoms with Crippen molar-refractivity contribution in [2.45, 2.75) is 0 Å². The average Bonchev–Trinajstić information content (AvgIpc) is 2.85. The van der Waals surface area contributed by atoms with E-state index < -0.39 is 5.91 Å². The Morgan fingerprint density at radius 3 is 2.95 bits per heavy atom. The van der Waals surface area contributed by atoms with Gasteiger partial charge < -0.3 is 9.30 Å². The Morgan fingerprint density at radius 1 is 1.43 bits per heavy atom. The summed E-state index contributed by atoms with van der Waals surface area (Å²) < 4.78 is 7.16. The van der Waals surface area contributed by atoms with Crippen molar-refractivity contribution in [3.05, 3.63) is 52.3 Å². The van der Waals surface area contributed by atoms with Gasteiger partial charge in [-0.1, -0.05) is 23.2 Å². The first-order valence-electron chi connectivity index (χ1n) is 6.07. The third kappa shape index (κ3) is 4.51. The Labute approximate surface area is 132 Å². The number of aromatic nitrogens is 1. The molecule has 21 heavy (non-hydrogen) atoms. The number of rotatable bonds is 5. The van der Waals surface area contributed by atoms with Gasteiger partial charge in [0, 0.05) is 24.3 Å². The van der Waals surface area contributed by atoms with E-state index in [9.17, 15) is 4.79 Å². The molecular formula is C14H13Cl2N3O2. The van der Waals surface area contributed by atoms with Crippen LogP contribution < -0.4 is 10.2 Å². The number of amides is 1. The first-order chi connectivity index (χ1) is 10.1. The molecule has 2 aromatic rings. The number of aryl methyl sites for hydroxylation is 1. The van der Waals surface area contributed by atoms with E-state index in [1.54, 1.807) is 24.4 Å². The topological polar surface area (TPSA) is 55.6 Å². The van der Waals surface area contributed by atoms with E-state index >= 15 is 0 Å². The van der Waals surface area contributed by atoms with Crippen LogP contribution in [0, 0.1) is 0 Å². The van der Waals surface area contributed by atoms with E-state index in [2.05, 4.69) is 10.5 Å². The van der Waals surface area contributed by atoms with Gasteiger partial charge in [-0.2, -0.15) is 5.10 Å². The lowest BCUT2D eigenvalue weighted by Gasteiger charge is -2.07. The smallest absolute Gasteiger partial charge is 0.277 e. The van der Waals surface area contributed by atoms with Crippen LogP contribution in [0.4, 0.5) is 0 Å². The molecule has 5 nitrogen and oxygen atoms in total. The Hall–Kier alpha value is -1.98. The SMILES string of the molecule is Cn1cccc1/C=N/NC(=O)COc1cc(Cl)ccc1Cl. The number of benzene rings is 1. The highest BCUT2D eigenvalue weighted by Gasteiger charge is 2.06. The fourth-order valence-electron chi connectivity index (χ4n) is 1.54. The first-order valence-corrected chi connectivity index (χ1v) is 6.83. The summed E-state index contributed by atoms with van der Waals surface area (Å²) in [5.41, 5.74) is 3.24. The molecule has 0 radical (unpaired) electrons. The van der Waals surface area contributed by atoms with E-state index in [0.717, 1.165) is 5.69 Å². The third-order valence-corrected chi connectivity index (χ3v) is 3.17. The molecule has 0 aliphatic carbocycles. The number of hydrogen-bond acceptors (Lipinski definition) is 3. The predicted molar refractivity (Wildman–Crippen MR) is 83.1 cm³/mol. The Bertz CT molecular complexity index is 668. The van der Waals surface area contributed by atoms with Crippen molar-refractivity contribution in [1.29, 1.82) is 0 Å². The molecule has 0 saturated heterocycles. The zero-order valence-electron chi connectivity index (χ0n) is 11.2. The number of carbonyl (C=O) groups excluding carboxylic acids is 1. The molecule has 0 spiro atoms. The van der Waals surface area contributed by atoms with E-state index in [-0.39, 0.29) is 6.61 Å². The van der Waals surface area contributed by atoms with Crippen molar-refractivity contribution in [3.63, 3.8) is 0 Å². The number of carbonyl (C=O) groups is 1. The summed E-state index contributed by atoms with van der Waals surface area (Å²) in [6.45, 7) is -0.204. The van der Waals surface area contributed by atoms with E-state index in [1.165, 1.54) is 0 Å². The number of hydrazone groups is 1. The number of hydrogen-bond donors (Lipinski definition) is 1. The van der Waals surface area contributed by atoms with Crippen LogP contribution in [-0.4, -0.2) is 23.3 Å². The van der Waals surface area contributed by atoms with Crippen LogP contribution in [0.25, 0.3) is 0 Å². The number of halogens is 2. The van der Waals surface area contributed by atoms with Crippen LogP contribution in [0.3, 0.4) is 0 Å². The lowest BCUT2D eigenvalue weighted by Crippen LogP contribution is -2.24. The predicted octanol–water partition coefficient (Wildman–Crippen LogP) is 2.86. The summed E-state index contributed by atoms with van der Waals surface area (Å²) >= 11 is 11.7. The van der Waals surface area contributed by atoms with Crippen LogP contribution in [0.15, 0.2) is 41.6 Å². The Kier molecular flexibility index (Phi) is 5.25. The van der Waals surface area contributed by atoms with Gasteiger partial charge in [0.25, 0.3) is 5.91 Å². The molecule has 110 valence electrons. The zero-order chi connectivity index (χ0) is 15.2. The molecule has 1 aromatic carbocycles. The van der Waals surface area contributed by atoms with Gasteiger partial charge in [0.15, 0.2) is 6.61 Å². The minimum absolute atomic E-state index is 0.204. The highest BCUT2D eigenvalue weighted by molar-refractivity contribution is 6.34. The molecule has 0 aliphatic heterocycles. The maximum Gasteiger partial charge on any atom is 0.277 e. The summed E-state index contributed by atoms with van der Waals surface area (Å²) in [5, 5.41) is 4.71. The largest absolute Gasteiger partial charge is 0.482 e. The highest BCUT2D eigenvalue weighted by atomic mass is 35.5. The van der Waals surface area contributed by atoms with Gasteiger partial charge in [0.1, 0.15) is 5.75 Å². The van der Waals surface area contributed by atoms with Gasteiger partial charge in [-0.3, -0.25) is 4.79 Å². The maximum absolute atomic E-state index is 11.6. The van der Waals surface area contributed by atoms with E-state index in [1.807, 2.05) is 29.9 Å². The fourth-order valence-corrected chi connectivity index (χ4v) is 1.88. The molecule has 1 heterocycles. The Morgan fingerprint density at radius 2 is 2.24 bits per heavy atom. The second-order valence-electron chi connectivity index (χ2n) is 4.20. The van der Waals surface area contributed by atoms with Crippen molar-refractivity contribution >= 4 is 35.3 Å². The van der Waals surface area contributed by atoms with Crippen molar-refractivity contribution in [1.82, 2.24) is 9.99 Å². The number of ether oxygens (including phenoxy) is 1. The van der Waals surface area contributed by atoms with E-state index in [0.29, 0.717) is 15.8 Å². The quantitative estimate of drug-likeness (QED) is 0.678. The fraction of sp³-hybridized carbons (Fsp3) is 0.143. The van der Waals surface area contributed by atoms with Crippen molar-refractivity contribution in [2.24, 2.45) is 12.1 Å². The Balaban J connectivity index is 1.84. The second kappa shape index (κ2) is 7.15. The third-order valence-electron chi connectivity index (χ3n) is 2.62. The summed E-state index contributed by atoms with van der Waals surface area (Å²) in [6.07, 6.45) is 3.43. The average molecular weight is 326 g/mol. The van der Waals surface area contributed by atoms with Gasteiger partial charge in [0.2, 0.25) is 0 Å². The van der Waals surface area contributed by atoms with Crippen molar-refractivity contribution in [3.8, 4) is 5.75 Å². The van der Waals surface area contributed by atoms with Crippen molar-refractivity contribution < 1.29 is 9.53 Å². The molecule has 2 rings (SSSR count). The number of nitrogens with one attached hydrogen (secondary N) is 1. The highest BCUT2D eigenvalue weighted by Crippen LogP contribution is 2.27. The van der Waals surface area contributed by atoms with Gasteiger partial charge in [-0.25, -0.2) is 5.43 Å². The lowest BCUT2D eigenvalue weighted by molar-refractivity contribution is -0.123. The summed E-state index contributed by atoms with van der Waals surface area (Å²) in [7, 11) is 1.88. The normalized spacial score (nSPS) is 10.8. The molecule has 0 aliphatic rings. The van der Waals surface area contributed by atoms with Crippen LogP contribution in [-0.2, 0) is 11.8 Å². The molecule has 7 heteroatoms. The standard InChI is InChI=1S/C14H13Cl2N3O2/c1-19-6-2-3-11(19)8-17-18-14(20)9-21-13-7-10(15)4-5-12(13)16/h2-8H,9H2,1H3,(H,18,20)/b17-8+. The molecule has 0 saturated carbocycles. The second-order valence-corrected chi connectivity index (χ2v) is 5.04. The summed E-state index contributed by atoms with van der Waals surface area (Å²) in [5.74, 6) is -0.0396. The van der Waals surface area contributed by atoms with Crippen LogP contribution in [0.2, 0.25) is 10.0 Å². The molecule has 1 amide bonds. The lowest BCUT2D eigenvalue weighted by atomic mass is 10.3. The van der Waals surface area contributed by atoms with Gasteiger partial charge in [0.05, 0.1) is 16.9 Å². The molecule has 0 atom stereocenters. The minimum Gasteiger partial charge on any atom is -0.482 e. The molecule has 1 N–H and O–H groups in total. The van der Waals surface area contributed by atoms with E-state index in [4.69, 9.17) is 27.9 Å². The van der Waals surface area contributed by atoms with Crippen molar-refractivity contribution in [2.75, 3.05) is 6.61 Å². The molecular weight excluding hydrogens is 313 g/mol. The van der Waals surface area contributed by atoms with Crippen LogP contribution >= 0.6 is 23.2 Å². The van der Waals surface area contributed by atoms with Crippen LogP contribution in [0.1, 0.15) is 5.69 Å². The molecule has 0 fully saturated rings. The maximum atomic E-state index is 11.6. The summed E-state index contributed by atoms with van der Waals surface area (Å²) in [4.78, 5) is 11.6. The zero-order valence-corrected chi connectivity index (χ0v) is 12.7. The van der Waals surface area contributed by atoms with Gasteiger partial charge in [-0.05, 0) is 24.3 Å². The van der Waals surface area contributed by atoms with Gasteiger partial charge >= 0.3 is 0 Å². The minimum atomic E-state index is -0.392. The molecule has 0 bridgehead atoms. The first kappa shape index (κ1) is 15.4. The van der Waals surface area contributed by atoms with Gasteiger partial charge in [-0.15, -0.1) is 0 Å². The van der Waals surface area contributed by atoms with Crippen LogP contribution in [0.5, 0.6) is 5.75 Å². The monoisotopic (exact) mass is 325 g/mol. The summed E-state index contributed by atoms with van der Waals surface area (Å²) in [6, 6.07) is 8.54. The molecule has 1 aromatic heterocycles. The molecule has 0 unspecified atom stereocenters. The number of nitrogens with zero attached hydrogens (tertiary/aromatic N) is 2.